The van der Waals surface area contributed by atoms with Crippen LogP contribution >= 0.6 is 0 Å². The van der Waals surface area contributed by atoms with Crippen LogP contribution in [0.2, 0.25) is 0 Å². The maximum Gasteiger partial charge on any atom is 0.334 e. The van der Waals surface area contributed by atoms with Gasteiger partial charge in [-0.25, -0.2) is 9.78 Å². The maximum atomic E-state index is 12.5. The predicted molar refractivity (Wildman–Crippen MR) is 77.9 cm³/mol. The minimum atomic E-state index is -1.07. The van der Waals surface area contributed by atoms with E-state index in [9.17, 15) is 9.59 Å². The molecule has 22 heavy (non-hydrogen) atoms. The molecule has 7 nitrogen and oxygen atoms in total. The molecule has 2 rings (SSSR count). The quantitative estimate of drug-likeness (QED) is 0.898. The van der Waals surface area contributed by atoms with Crippen molar-refractivity contribution in [2.45, 2.75) is 39.1 Å². The number of carbonyl (C=O) groups excluding carboxylic acids is 1. The number of amides is 1. The SMILES string of the molecule is CC(C)Oc1cccc(C(=O)N2CC(C(=O)O)O[C@H](C)C2)n1. The van der Waals surface area contributed by atoms with Crippen molar-refractivity contribution in [3.05, 3.63) is 23.9 Å². The topological polar surface area (TPSA) is 89.0 Å². The van der Waals surface area contributed by atoms with Crippen molar-refractivity contribution in [1.82, 2.24) is 9.88 Å². The molecule has 2 heterocycles. The van der Waals surface area contributed by atoms with Crippen molar-refractivity contribution in [2.24, 2.45) is 0 Å². The number of ether oxygens (including phenoxy) is 2. The molecule has 1 aliphatic heterocycles. The van der Waals surface area contributed by atoms with Crippen molar-refractivity contribution in [3.8, 4) is 5.88 Å². The second-order valence-electron chi connectivity index (χ2n) is 5.51. The summed E-state index contributed by atoms with van der Waals surface area (Å²) in [4.78, 5) is 29.2. The molecule has 1 unspecified atom stereocenters. The zero-order chi connectivity index (χ0) is 16.3. The molecular weight excluding hydrogens is 288 g/mol. The van der Waals surface area contributed by atoms with E-state index in [1.54, 1.807) is 25.1 Å². The van der Waals surface area contributed by atoms with E-state index in [1.807, 2.05) is 13.8 Å². The average molecular weight is 308 g/mol. The molecule has 1 aliphatic rings. The Labute approximate surface area is 128 Å². The molecule has 1 aromatic rings. The molecule has 0 aliphatic carbocycles. The van der Waals surface area contributed by atoms with Crippen LogP contribution in [0.4, 0.5) is 0 Å². The van der Waals surface area contributed by atoms with Gasteiger partial charge in [0, 0.05) is 12.6 Å². The number of morpholine rings is 1. The summed E-state index contributed by atoms with van der Waals surface area (Å²) in [6, 6.07) is 4.96. The van der Waals surface area contributed by atoms with Gasteiger partial charge in [0.2, 0.25) is 5.88 Å². The van der Waals surface area contributed by atoms with Gasteiger partial charge in [-0.3, -0.25) is 4.79 Å². The highest BCUT2D eigenvalue weighted by molar-refractivity contribution is 5.93. The first kappa shape index (κ1) is 16.2. The van der Waals surface area contributed by atoms with Gasteiger partial charge in [0.25, 0.3) is 5.91 Å². The third-order valence-corrected chi connectivity index (χ3v) is 3.12. The fraction of sp³-hybridized carbons (Fsp3) is 0.533. The molecule has 0 saturated carbocycles. The Bertz CT molecular complexity index is 561. The second-order valence-corrected chi connectivity index (χ2v) is 5.51. The van der Waals surface area contributed by atoms with Crippen LogP contribution in [-0.2, 0) is 9.53 Å². The summed E-state index contributed by atoms with van der Waals surface area (Å²) in [5.41, 5.74) is 0.233. The monoisotopic (exact) mass is 308 g/mol. The largest absolute Gasteiger partial charge is 0.479 e. The summed E-state index contributed by atoms with van der Waals surface area (Å²) in [6.07, 6.45) is -1.39. The number of pyridine rings is 1. The second kappa shape index (κ2) is 6.74. The van der Waals surface area contributed by atoms with Crippen LogP contribution in [0.3, 0.4) is 0 Å². The Kier molecular flexibility index (Phi) is 4.97. The molecule has 1 N–H and O–H groups in total. The van der Waals surface area contributed by atoms with Gasteiger partial charge >= 0.3 is 5.97 Å². The maximum absolute atomic E-state index is 12.5. The van der Waals surface area contributed by atoms with Crippen molar-refractivity contribution < 1.29 is 24.2 Å². The molecular formula is C15H20N2O5. The molecule has 7 heteroatoms. The van der Waals surface area contributed by atoms with Gasteiger partial charge in [-0.2, -0.15) is 0 Å². The number of hydrogen-bond acceptors (Lipinski definition) is 5. The van der Waals surface area contributed by atoms with E-state index in [-0.39, 0.29) is 30.4 Å². The van der Waals surface area contributed by atoms with Crippen LogP contribution in [0.5, 0.6) is 5.88 Å². The Morgan fingerprint density at radius 2 is 2.14 bits per heavy atom. The fourth-order valence-corrected chi connectivity index (χ4v) is 2.26. The summed E-state index contributed by atoms with van der Waals surface area (Å²) >= 11 is 0. The Balaban J connectivity index is 2.14. The van der Waals surface area contributed by atoms with Crippen LogP contribution in [0.1, 0.15) is 31.3 Å². The smallest absolute Gasteiger partial charge is 0.334 e. The lowest BCUT2D eigenvalue weighted by Crippen LogP contribution is -2.51. The molecule has 1 aromatic heterocycles. The van der Waals surface area contributed by atoms with Gasteiger partial charge in [-0.05, 0) is 26.8 Å². The van der Waals surface area contributed by atoms with Gasteiger partial charge in [0.15, 0.2) is 6.10 Å². The van der Waals surface area contributed by atoms with Crippen molar-refractivity contribution >= 4 is 11.9 Å². The molecule has 120 valence electrons. The van der Waals surface area contributed by atoms with Gasteiger partial charge in [-0.1, -0.05) is 6.07 Å². The number of carboxylic acid groups (broad SMARTS) is 1. The summed E-state index contributed by atoms with van der Waals surface area (Å²) in [6.45, 7) is 5.82. The van der Waals surface area contributed by atoms with Gasteiger partial charge < -0.3 is 19.5 Å². The number of hydrogen-bond donors (Lipinski definition) is 1. The first-order valence-electron chi connectivity index (χ1n) is 7.18. The van der Waals surface area contributed by atoms with Gasteiger partial charge in [0.05, 0.1) is 18.8 Å². The number of rotatable bonds is 4. The highest BCUT2D eigenvalue weighted by atomic mass is 16.5. The molecule has 0 aromatic carbocycles. The van der Waals surface area contributed by atoms with E-state index in [2.05, 4.69) is 4.98 Å². The Hall–Kier alpha value is -2.15. The van der Waals surface area contributed by atoms with Gasteiger partial charge in [-0.15, -0.1) is 0 Å². The third kappa shape index (κ3) is 3.94. The van der Waals surface area contributed by atoms with E-state index in [4.69, 9.17) is 14.6 Å². The average Bonchev–Trinajstić information content (AvgIpc) is 2.45. The van der Waals surface area contributed by atoms with Crippen LogP contribution in [-0.4, -0.2) is 58.3 Å². The van der Waals surface area contributed by atoms with E-state index >= 15 is 0 Å². The van der Waals surface area contributed by atoms with Crippen molar-refractivity contribution in [2.75, 3.05) is 13.1 Å². The minimum absolute atomic E-state index is 0.00938. The first-order chi connectivity index (χ1) is 10.4. The molecule has 1 fully saturated rings. The van der Waals surface area contributed by atoms with Crippen LogP contribution in [0, 0.1) is 0 Å². The van der Waals surface area contributed by atoms with E-state index in [0.717, 1.165) is 0 Å². The van der Waals surface area contributed by atoms with Crippen LogP contribution in [0.15, 0.2) is 18.2 Å². The van der Waals surface area contributed by atoms with Crippen molar-refractivity contribution in [3.63, 3.8) is 0 Å². The van der Waals surface area contributed by atoms with Crippen LogP contribution in [0.25, 0.3) is 0 Å². The number of carbonyl (C=O) groups is 2. The lowest BCUT2D eigenvalue weighted by atomic mass is 10.2. The number of carboxylic acids is 1. The lowest BCUT2D eigenvalue weighted by molar-refractivity contribution is -0.160. The van der Waals surface area contributed by atoms with Crippen LogP contribution < -0.4 is 4.74 Å². The van der Waals surface area contributed by atoms with E-state index in [1.165, 1.54) is 4.90 Å². The molecule has 0 spiro atoms. The standard InChI is InChI=1S/C15H20N2O5/c1-9(2)21-13-6-4-5-11(16-13)14(18)17-7-10(3)22-12(8-17)15(19)20/h4-6,9-10,12H,7-8H2,1-3H3,(H,19,20)/t10-,12?/m1/s1. The molecule has 1 saturated heterocycles. The number of nitrogens with zero attached hydrogens (tertiary/aromatic N) is 2. The molecule has 2 atom stereocenters. The Morgan fingerprint density at radius 3 is 2.77 bits per heavy atom. The normalized spacial score (nSPS) is 21.7. The minimum Gasteiger partial charge on any atom is -0.479 e. The summed E-state index contributed by atoms with van der Waals surface area (Å²) < 4.78 is 10.8. The zero-order valence-corrected chi connectivity index (χ0v) is 12.9. The summed E-state index contributed by atoms with van der Waals surface area (Å²) in [5, 5.41) is 9.07. The molecule has 0 bridgehead atoms. The van der Waals surface area contributed by atoms with Crippen molar-refractivity contribution in [1.29, 1.82) is 0 Å². The van der Waals surface area contributed by atoms with E-state index in [0.29, 0.717) is 12.4 Å². The number of aromatic nitrogens is 1. The zero-order valence-electron chi connectivity index (χ0n) is 12.9. The third-order valence-electron chi connectivity index (χ3n) is 3.12. The number of aliphatic carboxylic acids is 1. The highest BCUT2D eigenvalue weighted by Crippen LogP contribution is 2.16. The Morgan fingerprint density at radius 1 is 1.41 bits per heavy atom. The highest BCUT2D eigenvalue weighted by Gasteiger charge is 2.33. The predicted octanol–water partition coefficient (Wildman–Crippen LogP) is 1.18. The summed E-state index contributed by atoms with van der Waals surface area (Å²) in [5.74, 6) is -1.03. The first-order valence-corrected chi connectivity index (χ1v) is 7.18. The van der Waals surface area contributed by atoms with Gasteiger partial charge in [0.1, 0.15) is 5.69 Å². The molecule has 0 radical (unpaired) electrons. The summed E-state index contributed by atoms with van der Waals surface area (Å²) in [7, 11) is 0. The lowest BCUT2D eigenvalue weighted by Gasteiger charge is -2.34. The fourth-order valence-electron chi connectivity index (χ4n) is 2.26. The molecule has 1 amide bonds. The van der Waals surface area contributed by atoms with E-state index < -0.39 is 12.1 Å².